The number of para-hydroxylation sites is 1. The van der Waals surface area contributed by atoms with Crippen LogP contribution in [-0.4, -0.2) is 23.5 Å². The molecule has 0 aromatic heterocycles. The second-order valence-corrected chi connectivity index (χ2v) is 5.82. The molecule has 3 aliphatic rings. The van der Waals surface area contributed by atoms with Gasteiger partial charge in [-0.25, -0.2) is 0 Å². The summed E-state index contributed by atoms with van der Waals surface area (Å²) in [7, 11) is 0. The van der Waals surface area contributed by atoms with Gasteiger partial charge in [-0.3, -0.25) is 4.79 Å². The van der Waals surface area contributed by atoms with Gasteiger partial charge in [-0.2, -0.15) is 0 Å². The molecule has 3 unspecified atom stereocenters. The Labute approximate surface area is 106 Å². The zero-order chi connectivity index (χ0) is 12.3. The number of benzene rings is 1. The van der Waals surface area contributed by atoms with Crippen LogP contribution in [0.15, 0.2) is 24.3 Å². The zero-order valence-electron chi connectivity index (χ0n) is 10.2. The Hall–Kier alpha value is -1.35. The molecule has 2 saturated carbocycles. The van der Waals surface area contributed by atoms with Crippen LogP contribution in [0.3, 0.4) is 0 Å². The average molecular weight is 243 g/mol. The summed E-state index contributed by atoms with van der Waals surface area (Å²) < 4.78 is 0. The van der Waals surface area contributed by atoms with Gasteiger partial charge in [0.25, 0.3) is 0 Å². The van der Waals surface area contributed by atoms with E-state index in [4.69, 9.17) is 0 Å². The van der Waals surface area contributed by atoms with Gasteiger partial charge in [-0.15, -0.1) is 0 Å². The standard InChI is InChI=1S/C15H17NO2/c17-8-7-15-10-3-1-2-4-12(10)16-14(15)9-5-6-11(15)13(9)18/h1-4,9,11,14,16-17H,5-8H2/t9?,11?,14-,15?/m0/s1. The van der Waals surface area contributed by atoms with E-state index in [2.05, 4.69) is 17.4 Å². The van der Waals surface area contributed by atoms with E-state index in [0.717, 1.165) is 12.8 Å². The summed E-state index contributed by atoms with van der Waals surface area (Å²) in [4.78, 5) is 12.3. The first-order chi connectivity index (χ1) is 8.79. The quantitative estimate of drug-likeness (QED) is 0.831. The van der Waals surface area contributed by atoms with Gasteiger partial charge in [0.05, 0.1) is 0 Å². The number of ketones is 1. The molecule has 1 heterocycles. The maximum atomic E-state index is 12.3. The summed E-state index contributed by atoms with van der Waals surface area (Å²) in [6, 6.07) is 8.51. The number of hydrogen-bond donors (Lipinski definition) is 2. The maximum Gasteiger partial charge on any atom is 0.142 e. The van der Waals surface area contributed by atoms with Crippen molar-refractivity contribution in [3.8, 4) is 0 Å². The minimum atomic E-state index is -0.134. The van der Waals surface area contributed by atoms with E-state index in [1.807, 2.05) is 12.1 Å². The number of hydrogen-bond acceptors (Lipinski definition) is 3. The molecule has 4 rings (SSSR count). The van der Waals surface area contributed by atoms with E-state index >= 15 is 0 Å². The lowest BCUT2D eigenvalue weighted by Crippen LogP contribution is -2.44. The molecule has 1 aliphatic heterocycles. The van der Waals surface area contributed by atoms with Crippen molar-refractivity contribution in [3.05, 3.63) is 29.8 Å². The normalized spacial score (nSPS) is 39.6. The average Bonchev–Trinajstić information content (AvgIpc) is 2.97. The SMILES string of the molecule is O=C1C2CCC1C1(CCO)c3ccccc3N[C@@H]21. The molecule has 0 radical (unpaired) electrons. The number of aliphatic hydroxyl groups excluding tert-OH is 1. The molecule has 2 N–H and O–H groups in total. The first-order valence-corrected chi connectivity index (χ1v) is 6.79. The number of nitrogens with one attached hydrogen (secondary N) is 1. The molecule has 0 spiro atoms. The number of carbonyl (C=O) groups is 1. The van der Waals surface area contributed by atoms with Crippen molar-refractivity contribution in [2.45, 2.75) is 30.7 Å². The second-order valence-electron chi connectivity index (χ2n) is 5.82. The van der Waals surface area contributed by atoms with Crippen LogP contribution in [0.1, 0.15) is 24.8 Å². The van der Waals surface area contributed by atoms with Crippen LogP contribution in [0.2, 0.25) is 0 Å². The van der Waals surface area contributed by atoms with Crippen LogP contribution >= 0.6 is 0 Å². The number of fused-ring (bicyclic) bond motifs is 7. The number of rotatable bonds is 2. The summed E-state index contributed by atoms with van der Waals surface area (Å²) >= 11 is 0. The zero-order valence-corrected chi connectivity index (χ0v) is 10.2. The highest BCUT2D eigenvalue weighted by molar-refractivity contribution is 5.94. The lowest BCUT2D eigenvalue weighted by Gasteiger charge is -2.38. The smallest absolute Gasteiger partial charge is 0.142 e. The van der Waals surface area contributed by atoms with Crippen molar-refractivity contribution in [3.63, 3.8) is 0 Å². The van der Waals surface area contributed by atoms with Gasteiger partial charge in [0.2, 0.25) is 0 Å². The third-order valence-electron chi connectivity index (χ3n) is 5.32. The lowest BCUT2D eigenvalue weighted by molar-refractivity contribution is -0.122. The molecule has 94 valence electrons. The number of carbonyl (C=O) groups excluding carboxylic acids is 1. The van der Waals surface area contributed by atoms with Gasteiger partial charge in [0.15, 0.2) is 0 Å². The van der Waals surface area contributed by atoms with E-state index in [1.165, 1.54) is 11.3 Å². The summed E-state index contributed by atoms with van der Waals surface area (Å²) in [5, 5.41) is 13.0. The van der Waals surface area contributed by atoms with Crippen molar-refractivity contribution in [1.82, 2.24) is 0 Å². The third-order valence-corrected chi connectivity index (χ3v) is 5.32. The minimum Gasteiger partial charge on any atom is -0.396 e. The number of aliphatic hydroxyl groups is 1. The summed E-state index contributed by atoms with van der Waals surface area (Å²) in [6.07, 6.45) is 2.72. The highest BCUT2D eigenvalue weighted by Crippen LogP contribution is 2.61. The van der Waals surface area contributed by atoms with Crippen LogP contribution in [0, 0.1) is 11.8 Å². The Kier molecular flexibility index (Phi) is 1.97. The van der Waals surface area contributed by atoms with E-state index in [1.54, 1.807) is 0 Å². The molecular weight excluding hydrogens is 226 g/mol. The largest absolute Gasteiger partial charge is 0.396 e. The fourth-order valence-corrected chi connectivity index (χ4v) is 4.72. The first kappa shape index (κ1) is 10.6. The molecule has 2 bridgehead atoms. The fraction of sp³-hybridized carbons (Fsp3) is 0.533. The lowest BCUT2D eigenvalue weighted by atomic mass is 9.65. The Morgan fingerprint density at radius 3 is 3.00 bits per heavy atom. The molecule has 3 nitrogen and oxygen atoms in total. The minimum absolute atomic E-state index is 0.121. The predicted molar refractivity (Wildman–Crippen MR) is 68.5 cm³/mol. The highest BCUT2D eigenvalue weighted by Gasteiger charge is 2.66. The maximum absolute atomic E-state index is 12.3. The molecule has 1 aromatic carbocycles. The Balaban J connectivity index is 1.92. The highest BCUT2D eigenvalue weighted by atomic mass is 16.3. The van der Waals surface area contributed by atoms with Crippen LogP contribution in [-0.2, 0) is 10.2 Å². The van der Waals surface area contributed by atoms with Gasteiger partial charge >= 0.3 is 0 Å². The van der Waals surface area contributed by atoms with Crippen LogP contribution in [0.4, 0.5) is 5.69 Å². The van der Waals surface area contributed by atoms with E-state index in [0.29, 0.717) is 12.2 Å². The Morgan fingerprint density at radius 1 is 1.33 bits per heavy atom. The van der Waals surface area contributed by atoms with Gasteiger partial charge in [-0.05, 0) is 30.9 Å². The van der Waals surface area contributed by atoms with Crippen molar-refractivity contribution in [1.29, 1.82) is 0 Å². The summed E-state index contributed by atoms with van der Waals surface area (Å²) in [5.41, 5.74) is 2.29. The topological polar surface area (TPSA) is 49.3 Å². The van der Waals surface area contributed by atoms with Gasteiger partial charge in [0.1, 0.15) is 5.78 Å². The van der Waals surface area contributed by atoms with Crippen molar-refractivity contribution in [2.24, 2.45) is 11.8 Å². The fourth-order valence-electron chi connectivity index (χ4n) is 4.72. The third kappa shape index (κ3) is 0.985. The first-order valence-electron chi connectivity index (χ1n) is 6.79. The monoisotopic (exact) mass is 243 g/mol. The van der Waals surface area contributed by atoms with Crippen LogP contribution in [0.25, 0.3) is 0 Å². The van der Waals surface area contributed by atoms with Crippen molar-refractivity contribution in [2.75, 3.05) is 11.9 Å². The molecule has 18 heavy (non-hydrogen) atoms. The molecule has 2 aliphatic carbocycles. The summed E-state index contributed by atoms with van der Waals surface area (Å²) in [6.45, 7) is 0.156. The molecule has 2 fully saturated rings. The van der Waals surface area contributed by atoms with E-state index in [-0.39, 0.29) is 29.9 Å². The van der Waals surface area contributed by atoms with Crippen LogP contribution < -0.4 is 5.32 Å². The second kappa shape index (κ2) is 3.35. The Bertz CT molecular complexity index is 527. The van der Waals surface area contributed by atoms with Crippen molar-refractivity contribution < 1.29 is 9.90 Å². The van der Waals surface area contributed by atoms with E-state index in [9.17, 15) is 9.90 Å². The molecular formula is C15H17NO2. The summed E-state index contributed by atoms with van der Waals surface area (Å²) in [5.74, 6) is 0.709. The molecule has 0 amide bonds. The van der Waals surface area contributed by atoms with Gasteiger partial charge in [0, 0.05) is 35.6 Å². The Morgan fingerprint density at radius 2 is 2.17 bits per heavy atom. The molecule has 3 heteroatoms. The molecule has 0 saturated heterocycles. The molecule has 1 aromatic rings. The van der Waals surface area contributed by atoms with Gasteiger partial charge in [-0.1, -0.05) is 18.2 Å². The van der Waals surface area contributed by atoms with Gasteiger partial charge < -0.3 is 10.4 Å². The molecule has 4 atom stereocenters. The predicted octanol–water partition coefficient (Wildman–Crippen LogP) is 1.71. The van der Waals surface area contributed by atoms with Crippen LogP contribution in [0.5, 0.6) is 0 Å². The number of Topliss-reactive ketones (excluding diaryl/α,β-unsaturated/α-hetero) is 1. The number of anilines is 1. The van der Waals surface area contributed by atoms with E-state index < -0.39 is 0 Å². The van der Waals surface area contributed by atoms with Crippen molar-refractivity contribution >= 4 is 11.5 Å².